The van der Waals surface area contributed by atoms with E-state index < -0.39 is 22.3 Å². The predicted octanol–water partition coefficient (Wildman–Crippen LogP) is 6.58. The standard InChI is InChI=1S/C29H25NO7S/c1-20-18-22(3)27(19-21(20)2)38(33,34)30(28(31)35-24-10-6-4-7-11-24)23-14-16-26(17-15-23)37-29(32)36-25-12-8-5-9-13-25/h4-19H,1-3H3. The van der Waals surface area contributed by atoms with Crippen LogP contribution >= 0.6 is 0 Å². The number of benzene rings is 4. The Morgan fingerprint density at radius 1 is 0.605 bits per heavy atom. The summed E-state index contributed by atoms with van der Waals surface area (Å²) in [6.07, 6.45) is -2.09. The molecule has 1 amide bonds. The number of nitrogens with zero attached hydrogens (tertiary/aromatic N) is 1. The number of amides is 1. The summed E-state index contributed by atoms with van der Waals surface area (Å²) < 4.78 is 43.9. The number of sulfonamides is 1. The van der Waals surface area contributed by atoms with Crippen molar-refractivity contribution in [3.8, 4) is 17.2 Å². The first-order chi connectivity index (χ1) is 18.1. The van der Waals surface area contributed by atoms with Gasteiger partial charge < -0.3 is 14.2 Å². The number of anilines is 1. The molecule has 9 heteroatoms. The Labute approximate surface area is 221 Å². The summed E-state index contributed by atoms with van der Waals surface area (Å²) in [7, 11) is -4.39. The third kappa shape index (κ3) is 6.01. The molecule has 4 aromatic carbocycles. The number of carbonyl (C=O) groups excluding carboxylic acids is 2. The van der Waals surface area contributed by atoms with Crippen LogP contribution in [0.2, 0.25) is 0 Å². The molecule has 8 nitrogen and oxygen atoms in total. The van der Waals surface area contributed by atoms with Crippen molar-refractivity contribution in [2.75, 3.05) is 4.31 Å². The van der Waals surface area contributed by atoms with Gasteiger partial charge in [0.25, 0.3) is 10.0 Å². The Bertz CT molecular complexity index is 1550. The zero-order valence-corrected chi connectivity index (χ0v) is 21.8. The molecule has 0 saturated heterocycles. The van der Waals surface area contributed by atoms with Crippen molar-refractivity contribution in [2.45, 2.75) is 25.7 Å². The van der Waals surface area contributed by atoms with Gasteiger partial charge in [-0.2, -0.15) is 4.31 Å². The quantitative estimate of drug-likeness (QED) is 0.205. The summed E-state index contributed by atoms with van der Waals surface area (Å²) in [6.45, 7) is 5.33. The highest BCUT2D eigenvalue weighted by Crippen LogP contribution is 2.30. The number of carbonyl (C=O) groups is 2. The predicted molar refractivity (Wildman–Crippen MR) is 142 cm³/mol. The zero-order chi connectivity index (χ0) is 27.3. The first kappa shape index (κ1) is 26.4. The summed E-state index contributed by atoms with van der Waals surface area (Å²) in [5, 5.41) is 0. The monoisotopic (exact) mass is 531 g/mol. The van der Waals surface area contributed by atoms with Gasteiger partial charge in [0.15, 0.2) is 0 Å². The first-order valence-electron chi connectivity index (χ1n) is 11.6. The molecular weight excluding hydrogens is 506 g/mol. The van der Waals surface area contributed by atoms with Crippen molar-refractivity contribution in [1.82, 2.24) is 0 Å². The fourth-order valence-electron chi connectivity index (χ4n) is 3.63. The highest BCUT2D eigenvalue weighted by atomic mass is 32.2. The van der Waals surface area contributed by atoms with Crippen molar-refractivity contribution < 1.29 is 32.2 Å². The molecule has 4 rings (SSSR count). The number of aryl methyl sites for hydroxylation is 3. The van der Waals surface area contributed by atoms with Crippen molar-refractivity contribution in [3.63, 3.8) is 0 Å². The van der Waals surface area contributed by atoms with Crippen molar-refractivity contribution in [1.29, 1.82) is 0 Å². The summed E-state index contributed by atoms with van der Waals surface area (Å²) in [6, 6.07) is 25.2. The van der Waals surface area contributed by atoms with Gasteiger partial charge >= 0.3 is 12.2 Å². The SMILES string of the molecule is Cc1cc(C)c(S(=O)(=O)N(C(=O)Oc2ccccc2)c2ccc(OC(=O)Oc3ccccc3)cc2)cc1C. The number of rotatable bonds is 6. The van der Waals surface area contributed by atoms with E-state index >= 15 is 0 Å². The molecule has 0 aliphatic carbocycles. The Kier molecular flexibility index (Phi) is 7.78. The van der Waals surface area contributed by atoms with E-state index in [4.69, 9.17) is 14.2 Å². The highest BCUT2D eigenvalue weighted by molar-refractivity contribution is 7.93. The molecule has 0 atom stereocenters. The van der Waals surface area contributed by atoms with Crippen LogP contribution in [0, 0.1) is 20.8 Å². The van der Waals surface area contributed by atoms with Gasteiger partial charge in [0.05, 0.1) is 10.6 Å². The van der Waals surface area contributed by atoms with Crippen LogP contribution in [0.4, 0.5) is 15.3 Å². The van der Waals surface area contributed by atoms with Crippen LogP contribution in [0.25, 0.3) is 0 Å². The van der Waals surface area contributed by atoms with Gasteiger partial charge in [0, 0.05) is 0 Å². The van der Waals surface area contributed by atoms with Crippen LogP contribution < -0.4 is 18.5 Å². The number of hydrogen-bond acceptors (Lipinski definition) is 7. The minimum Gasteiger partial charge on any atom is -0.409 e. The summed E-state index contributed by atoms with van der Waals surface area (Å²) in [4.78, 5) is 25.4. The number of hydrogen-bond donors (Lipinski definition) is 0. The maximum Gasteiger partial charge on any atom is 0.519 e. The van der Waals surface area contributed by atoms with Crippen LogP contribution in [0.15, 0.2) is 102 Å². The van der Waals surface area contributed by atoms with Crippen molar-refractivity contribution in [2.24, 2.45) is 0 Å². The summed E-state index contributed by atoms with van der Waals surface area (Å²) in [5.74, 6) is 0.572. The Hall–Kier alpha value is -4.63. The Balaban J connectivity index is 1.66. The van der Waals surface area contributed by atoms with Gasteiger partial charge in [-0.25, -0.2) is 18.0 Å². The zero-order valence-electron chi connectivity index (χ0n) is 21.0. The smallest absolute Gasteiger partial charge is 0.409 e. The lowest BCUT2D eigenvalue weighted by atomic mass is 10.1. The van der Waals surface area contributed by atoms with E-state index in [2.05, 4.69) is 0 Å². The summed E-state index contributed by atoms with van der Waals surface area (Å²) in [5.41, 5.74) is 2.15. The normalized spacial score (nSPS) is 10.9. The molecule has 0 aromatic heterocycles. The third-order valence-electron chi connectivity index (χ3n) is 5.64. The van der Waals surface area contributed by atoms with E-state index in [0.29, 0.717) is 15.6 Å². The van der Waals surface area contributed by atoms with E-state index in [-0.39, 0.29) is 22.1 Å². The average Bonchev–Trinajstić information content (AvgIpc) is 2.88. The van der Waals surface area contributed by atoms with E-state index in [1.165, 1.54) is 30.3 Å². The maximum atomic E-state index is 13.8. The minimum atomic E-state index is -4.39. The fourth-order valence-corrected chi connectivity index (χ4v) is 5.26. The first-order valence-corrected chi connectivity index (χ1v) is 13.0. The average molecular weight is 532 g/mol. The molecule has 0 N–H and O–H groups in total. The van der Waals surface area contributed by atoms with Gasteiger partial charge in [-0.15, -0.1) is 0 Å². The molecule has 0 fully saturated rings. The van der Waals surface area contributed by atoms with Gasteiger partial charge in [0.2, 0.25) is 0 Å². The molecule has 0 radical (unpaired) electrons. The van der Waals surface area contributed by atoms with E-state index in [9.17, 15) is 18.0 Å². The lowest BCUT2D eigenvalue weighted by molar-refractivity contribution is 0.152. The molecule has 0 aliphatic heterocycles. The molecular formula is C29H25NO7S. The molecule has 0 aliphatic rings. The van der Waals surface area contributed by atoms with Gasteiger partial charge in [-0.1, -0.05) is 42.5 Å². The third-order valence-corrected chi connectivity index (χ3v) is 7.48. The van der Waals surface area contributed by atoms with Crippen molar-refractivity contribution in [3.05, 3.63) is 114 Å². The molecule has 38 heavy (non-hydrogen) atoms. The fraction of sp³-hybridized carbons (Fsp3) is 0.103. The Morgan fingerprint density at radius 3 is 1.63 bits per heavy atom. The molecule has 194 valence electrons. The van der Waals surface area contributed by atoms with E-state index in [1.807, 2.05) is 6.92 Å². The molecule has 4 aromatic rings. The summed E-state index contributed by atoms with van der Waals surface area (Å²) >= 11 is 0. The number of ether oxygens (including phenoxy) is 3. The van der Waals surface area contributed by atoms with Crippen molar-refractivity contribution >= 4 is 28.0 Å². The molecule has 0 heterocycles. The molecule has 0 saturated carbocycles. The second-order valence-electron chi connectivity index (χ2n) is 8.41. The lowest BCUT2D eigenvalue weighted by Crippen LogP contribution is -2.39. The maximum absolute atomic E-state index is 13.8. The van der Waals surface area contributed by atoms with Crippen LogP contribution in [0.1, 0.15) is 16.7 Å². The van der Waals surface area contributed by atoms with Gasteiger partial charge in [0.1, 0.15) is 17.2 Å². The second-order valence-corrected chi connectivity index (χ2v) is 10.2. The molecule has 0 unspecified atom stereocenters. The van der Waals surface area contributed by atoms with Crippen LogP contribution in [0.3, 0.4) is 0 Å². The van der Waals surface area contributed by atoms with E-state index in [1.54, 1.807) is 80.6 Å². The van der Waals surface area contributed by atoms with Crippen LogP contribution in [0.5, 0.6) is 17.2 Å². The molecule has 0 spiro atoms. The molecule has 0 bridgehead atoms. The topological polar surface area (TPSA) is 99.2 Å². The van der Waals surface area contributed by atoms with Crippen LogP contribution in [-0.2, 0) is 10.0 Å². The van der Waals surface area contributed by atoms with Gasteiger partial charge in [-0.3, -0.25) is 0 Å². The van der Waals surface area contributed by atoms with Gasteiger partial charge in [-0.05, 0) is 92.1 Å². The van der Waals surface area contributed by atoms with Crippen LogP contribution in [-0.4, -0.2) is 20.7 Å². The second kappa shape index (κ2) is 11.2. The Morgan fingerprint density at radius 2 is 1.08 bits per heavy atom. The lowest BCUT2D eigenvalue weighted by Gasteiger charge is -2.23. The largest absolute Gasteiger partial charge is 0.519 e. The number of para-hydroxylation sites is 2. The minimum absolute atomic E-state index is 0.00710. The highest BCUT2D eigenvalue weighted by Gasteiger charge is 2.34. The van der Waals surface area contributed by atoms with E-state index in [0.717, 1.165) is 11.1 Å².